The van der Waals surface area contributed by atoms with E-state index < -0.39 is 0 Å². The Balaban J connectivity index is 2.09. The molecule has 0 atom stereocenters. The van der Waals surface area contributed by atoms with Crippen LogP contribution in [0.3, 0.4) is 0 Å². The molecule has 0 radical (unpaired) electrons. The Bertz CT molecular complexity index is 725. The summed E-state index contributed by atoms with van der Waals surface area (Å²) in [6, 6.07) is 5.68. The molecular formula is C13H12N4OS. The van der Waals surface area contributed by atoms with E-state index in [1.165, 1.54) is 0 Å². The number of hydrogen-bond donors (Lipinski definition) is 1. The fraction of sp³-hybridized carbons (Fsp3) is 0.154. The standard InChI is InChI=1S/C13H12N4OS/c1-8-10(4-3-6-15-8)18-11-9-5-7-19-12(9)17-13(14-2)16-11/h3-7H,1-2H3,(H,14,16,17). The van der Waals surface area contributed by atoms with Crippen LogP contribution in [0.25, 0.3) is 10.2 Å². The number of thiophene rings is 1. The van der Waals surface area contributed by atoms with Gasteiger partial charge in [0, 0.05) is 13.2 Å². The zero-order chi connectivity index (χ0) is 13.2. The predicted molar refractivity (Wildman–Crippen MR) is 76.0 cm³/mol. The number of fused-ring (bicyclic) bond motifs is 1. The molecule has 0 aliphatic rings. The number of aryl methyl sites for hydroxylation is 1. The van der Waals surface area contributed by atoms with Crippen molar-refractivity contribution >= 4 is 27.5 Å². The van der Waals surface area contributed by atoms with E-state index in [0.717, 1.165) is 15.9 Å². The van der Waals surface area contributed by atoms with E-state index in [1.54, 1.807) is 24.6 Å². The first-order valence-electron chi connectivity index (χ1n) is 5.80. The molecule has 0 aromatic carbocycles. The summed E-state index contributed by atoms with van der Waals surface area (Å²) in [6.07, 6.45) is 1.74. The molecule has 0 aliphatic carbocycles. The fourth-order valence-corrected chi connectivity index (χ4v) is 2.45. The number of nitrogens with one attached hydrogen (secondary N) is 1. The number of hydrogen-bond acceptors (Lipinski definition) is 6. The van der Waals surface area contributed by atoms with E-state index in [4.69, 9.17) is 4.74 Å². The van der Waals surface area contributed by atoms with Crippen LogP contribution in [0.4, 0.5) is 5.95 Å². The van der Waals surface area contributed by atoms with Crippen LogP contribution in [0.1, 0.15) is 5.69 Å². The highest BCUT2D eigenvalue weighted by molar-refractivity contribution is 7.16. The van der Waals surface area contributed by atoms with E-state index in [9.17, 15) is 0 Å². The van der Waals surface area contributed by atoms with E-state index in [1.807, 2.05) is 30.5 Å². The monoisotopic (exact) mass is 272 g/mol. The number of rotatable bonds is 3. The third-order valence-corrected chi connectivity index (χ3v) is 3.49. The number of anilines is 1. The van der Waals surface area contributed by atoms with Crippen molar-refractivity contribution < 1.29 is 4.74 Å². The Labute approximate surface area is 114 Å². The summed E-state index contributed by atoms with van der Waals surface area (Å²) in [4.78, 5) is 13.8. The maximum atomic E-state index is 5.88. The molecule has 19 heavy (non-hydrogen) atoms. The first-order chi connectivity index (χ1) is 9.28. The van der Waals surface area contributed by atoms with Crippen LogP contribution in [0, 0.1) is 6.92 Å². The molecule has 0 bridgehead atoms. The normalized spacial score (nSPS) is 10.6. The maximum Gasteiger partial charge on any atom is 0.232 e. The van der Waals surface area contributed by atoms with Crippen LogP contribution in [0.5, 0.6) is 11.6 Å². The van der Waals surface area contributed by atoms with Crippen molar-refractivity contribution in [3.8, 4) is 11.6 Å². The molecule has 1 N–H and O–H groups in total. The molecule has 3 aromatic heterocycles. The van der Waals surface area contributed by atoms with Gasteiger partial charge in [-0.2, -0.15) is 4.98 Å². The van der Waals surface area contributed by atoms with Gasteiger partial charge in [0.2, 0.25) is 11.8 Å². The number of pyridine rings is 1. The fourth-order valence-electron chi connectivity index (χ4n) is 1.70. The van der Waals surface area contributed by atoms with Gasteiger partial charge in [0.15, 0.2) is 5.75 Å². The number of ether oxygens (including phenoxy) is 1. The number of nitrogens with zero attached hydrogens (tertiary/aromatic N) is 3. The van der Waals surface area contributed by atoms with Crippen LogP contribution in [-0.2, 0) is 0 Å². The molecule has 5 nitrogen and oxygen atoms in total. The predicted octanol–water partition coefficient (Wildman–Crippen LogP) is 3.23. The van der Waals surface area contributed by atoms with Crippen molar-refractivity contribution in [3.63, 3.8) is 0 Å². The minimum atomic E-state index is 0.548. The summed E-state index contributed by atoms with van der Waals surface area (Å²) in [5.74, 6) is 1.80. The van der Waals surface area contributed by atoms with Crippen LogP contribution in [0.2, 0.25) is 0 Å². The molecule has 3 aromatic rings. The second-order valence-electron chi connectivity index (χ2n) is 3.93. The molecule has 0 amide bonds. The van der Waals surface area contributed by atoms with Gasteiger partial charge in [-0.1, -0.05) is 0 Å². The summed E-state index contributed by atoms with van der Waals surface area (Å²) >= 11 is 1.56. The zero-order valence-electron chi connectivity index (χ0n) is 10.5. The van der Waals surface area contributed by atoms with Crippen molar-refractivity contribution in [2.24, 2.45) is 0 Å². The van der Waals surface area contributed by atoms with Gasteiger partial charge in [-0.15, -0.1) is 11.3 Å². The van der Waals surface area contributed by atoms with Crippen LogP contribution in [0.15, 0.2) is 29.8 Å². The molecule has 0 fully saturated rings. The van der Waals surface area contributed by atoms with Crippen molar-refractivity contribution in [1.29, 1.82) is 0 Å². The van der Waals surface area contributed by atoms with Gasteiger partial charge < -0.3 is 10.1 Å². The van der Waals surface area contributed by atoms with Crippen molar-refractivity contribution in [1.82, 2.24) is 15.0 Å². The smallest absolute Gasteiger partial charge is 0.232 e. The van der Waals surface area contributed by atoms with Gasteiger partial charge in [-0.3, -0.25) is 4.98 Å². The van der Waals surface area contributed by atoms with Crippen LogP contribution < -0.4 is 10.1 Å². The lowest BCUT2D eigenvalue weighted by atomic mass is 10.3. The highest BCUT2D eigenvalue weighted by atomic mass is 32.1. The molecule has 0 spiro atoms. The zero-order valence-corrected chi connectivity index (χ0v) is 11.4. The summed E-state index contributed by atoms with van der Waals surface area (Å²) in [7, 11) is 1.79. The summed E-state index contributed by atoms with van der Waals surface area (Å²) in [6.45, 7) is 1.90. The lowest BCUT2D eigenvalue weighted by Crippen LogP contribution is -1.99. The Morgan fingerprint density at radius 3 is 2.95 bits per heavy atom. The van der Waals surface area contributed by atoms with Gasteiger partial charge in [0.25, 0.3) is 0 Å². The quantitative estimate of drug-likeness (QED) is 0.793. The van der Waals surface area contributed by atoms with Gasteiger partial charge in [0.05, 0.1) is 11.1 Å². The SMILES string of the molecule is CNc1nc(Oc2cccnc2C)c2ccsc2n1. The Morgan fingerprint density at radius 1 is 1.26 bits per heavy atom. The molecule has 6 heteroatoms. The van der Waals surface area contributed by atoms with Gasteiger partial charge >= 0.3 is 0 Å². The molecule has 0 saturated carbocycles. The average Bonchev–Trinajstić information content (AvgIpc) is 2.89. The molecular weight excluding hydrogens is 260 g/mol. The molecule has 0 aliphatic heterocycles. The van der Waals surface area contributed by atoms with Crippen molar-refractivity contribution in [2.75, 3.05) is 12.4 Å². The minimum Gasteiger partial charge on any atom is -0.436 e. The van der Waals surface area contributed by atoms with Gasteiger partial charge in [-0.05, 0) is 30.5 Å². The van der Waals surface area contributed by atoms with Crippen molar-refractivity contribution in [3.05, 3.63) is 35.5 Å². The van der Waals surface area contributed by atoms with E-state index >= 15 is 0 Å². The Morgan fingerprint density at radius 2 is 2.16 bits per heavy atom. The molecule has 96 valence electrons. The Hall–Kier alpha value is -2.21. The second-order valence-corrected chi connectivity index (χ2v) is 4.83. The second kappa shape index (κ2) is 4.81. The first kappa shape index (κ1) is 11.9. The largest absolute Gasteiger partial charge is 0.436 e. The highest BCUT2D eigenvalue weighted by Crippen LogP contribution is 2.31. The van der Waals surface area contributed by atoms with Crippen LogP contribution >= 0.6 is 11.3 Å². The summed E-state index contributed by atoms with van der Waals surface area (Å²) < 4.78 is 5.88. The first-order valence-corrected chi connectivity index (χ1v) is 6.68. The lowest BCUT2D eigenvalue weighted by molar-refractivity contribution is 0.462. The van der Waals surface area contributed by atoms with Crippen molar-refractivity contribution in [2.45, 2.75) is 6.92 Å². The van der Waals surface area contributed by atoms with E-state index in [-0.39, 0.29) is 0 Å². The van der Waals surface area contributed by atoms with E-state index in [0.29, 0.717) is 17.6 Å². The number of aromatic nitrogens is 3. The Kier molecular flexibility index (Phi) is 3.00. The topological polar surface area (TPSA) is 59.9 Å². The third kappa shape index (κ3) is 2.22. The average molecular weight is 272 g/mol. The van der Waals surface area contributed by atoms with Gasteiger partial charge in [-0.25, -0.2) is 4.98 Å². The lowest BCUT2D eigenvalue weighted by Gasteiger charge is -2.08. The third-order valence-electron chi connectivity index (χ3n) is 2.68. The highest BCUT2D eigenvalue weighted by Gasteiger charge is 2.11. The molecule has 0 unspecified atom stereocenters. The summed E-state index contributed by atoms with van der Waals surface area (Å²) in [5, 5.41) is 5.82. The van der Waals surface area contributed by atoms with E-state index in [2.05, 4.69) is 20.3 Å². The van der Waals surface area contributed by atoms with Crippen LogP contribution in [-0.4, -0.2) is 22.0 Å². The minimum absolute atomic E-state index is 0.548. The maximum absolute atomic E-state index is 5.88. The molecule has 3 rings (SSSR count). The molecule has 3 heterocycles. The summed E-state index contributed by atoms with van der Waals surface area (Å²) in [5.41, 5.74) is 0.829. The van der Waals surface area contributed by atoms with Gasteiger partial charge in [0.1, 0.15) is 4.83 Å². The molecule has 0 saturated heterocycles.